The van der Waals surface area contributed by atoms with Crippen molar-refractivity contribution in [1.82, 2.24) is 0 Å². The highest BCUT2D eigenvalue weighted by molar-refractivity contribution is 14.1. The molecule has 0 bridgehead atoms. The highest BCUT2D eigenvalue weighted by Gasteiger charge is 2.24. The largest absolute Gasteiger partial charge is 0.381 e. The minimum Gasteiger partial charge on any atom is -0.381 e. The quantitative estimate of drug-likeness (QED) is 0.851. The second-order valence-electron chi connectivity index (χ2n) is 3.67. The summed E-state index contributed by atoms with van der Waals surface area (Å²) in [6.45, 7) is 1.67. The monoisotopic (exact) mass is 303 g/mol. The number of benzene rings is 1. The van der Waals surface area contributed by atoms with E-state index in [1.807, 2.05) is 12.1 Å². The van der Waals surface area contributed by atoms with E-state index in [0.717, 1.165) is 19.6 Å². The molecule has 3 heteroatoms. The number of rotatable bonds is 2. The molecule has 1 aromatic rings. The van der Waals surface area contributed by atoms with Crippen LogP contribution in [0.5, 0.6) is 0 Å². The highest BCUT2D eigenvalue weighted by atomic mass is 127. The Morgan fingerprint density at radius 2 is 2.21 bits per heavy atom. The van der Waals surface area contributed by atoms with Gasteiger partial charge in [0.05, 0.1) is 6.61 Å². The number of hydrogen-bond acceptors (Lipinski definition) is 2. The molecular weight excluding hydrogens is 289 g/mol. The Balaban J connectivity index is 2.17. The van der Waals surface area contributed by atoms with Gasteiger partial charge in [0, 0.05) is 22.1 Å². The smallest absolute Gasteiger partial charge is 0.0513 e. The van der Waals surface area contributed by atoms with Crippen molar-refractivity contribution in [2.24, 2.45) is 11.7 Å². The molecule has 1 saturated heterocycles. The van der Waals surface area contributed by atoms with Crippen LogP contribution >= 0.6 is 22.6 Å². The van der Waals surface area contributed by atoms with Crippen molar-refractivity contribution in [3.8, 4) is 0 Å². The second kappa shape index (κ2) is 4.59. The highest BCUT2D eigenvalue weighted by Crippen LogP contribution is 2.29. The van der Waals surface area contributed by atoms with E-state index < -0.39 is 0 Å². The topological polar surface area (TPSA) is 35.2 Å². The molecule has 2 N–H and O–H groups in total. The molecule has 14 heavy (non-hydrogen) atoms. The van der Waals surface area contributed by atoms with E-state index in [4.69, 9.17) is 10.5 Å². The zero-order valence-electron chi connectivity index (χ0n) is 7.95. The van der Waals surface area contributed by atoms with E-state index in [1.165, 1.54) is 9.13 Å². The van der Waals surface area contributed by atoms with Gasteiger partial charge in [-0.05, 0) is 40.6 Å². The molecule has 1 aliphatic rings. The predicted octanol–water partition coefficient (Wildman–Crippen LogP) is 2.33. The molecule has 1 heterocycles. The number of hydrogen-bond donors (Lipinski definition) is 1. The molecule has 2 rings (SSSR count). The summed E-state index contributed by atoms with van der Waals surface area (Å²) >= 11 is 2.34. The van der Waals surface area contributed by atoms with E-state index in [1.54, 1.807) is 0 Å². The van der Waals surface area contributed by atoms with Crippen molar-refractivity contribution >= 4 is 22.6 Å². The summed E-state index contributed by atoms with van der Waals surface area (Å²) in [7, 11) is 0. The Morgan fingerprint density at radius 3 is 2.86 bits per heavy atom. The molecule has 0 radical (unpaired) electrons. The summed E-state index contributed by atoms with van der Waals surface area (Å²) in [5, 5.41) is 0. The molecule has 1 aliphatic heterocycles. The fraction of sp³-hybridized carbons (Fsp3) is 0.455. The first-order valence-electron chi connectivity index (χ1n) is 4.87. The van der Waals surface area contributed by atoms with Gasteiger partial charge in [-0.2, -0.15) is 0 Å². The van der Waals surface area contributed by atoms with Gasteiger partial charge in [-0.15, -0.1) is 0 Å². The summed E-state index contributed by atoms with van der Waals surface area (Å²) in [5.74, 6) is 0.492. The minimum atomic E-state index is 0.130. The van der Waals surface area contributed by atoms with Gasteiger partial charge in [0.25, 0.3) is 0 Å². The summed E-state index contributed by atoms with van der Waals surface area (Å²) < 4.78 is 6.61. The van der Waals surface area contributed by atoms with Crippen LogP contribution < -0.4 is 5.73 Å². The SMILES string of the molecule is NC(c1ccccc1I)C1CCOC1. The second-order valence-corrected chi connectivity index (χ2v) is 4.83. The normalized spacial score (nSPS) is 23.7. The first kappa shape index (κ1) is 10.4. The Morgan fingerprint density at radius 1 is 1.43 bits per heavy atom. The zero-order valence-corrected chi connectivity index (χ0v) is 10.1. The molecular formula is C11H14INO. The number of halogens is 1. The van der Waals surface area contributed by atoms with Crippen LogP contribution in [0.4, 0.5) is 0 Å². The summed E-state index contributed by atoms with van der Waals surface area (Å²) in [6, 6.07) is 8.44. The average Bonchev–Trinajstić information content (AvgIpc) is 2.70. The molecule has 2 unspecified atom stereocenters. The molecule has 1 aromatic carbocycles. The lowest BCUT2D eigenvalue weighted by molar-refractivity contribution is 0.181. The van der Waals surface area contributed by atoms with Gasteiger partial charge in [-0.3, -0.25) is 0 Å². The lowest BCUT2D eigenvalue weighted by atomic mass is 9.93. The van der Waals surface area contributed by atoms with Crippen molar-refractivity contribution in [2.45, 2.75) is 12.5 Å². The van der Waals surface area contributed by atoms with E-state index in [0.29, 0.717) is 5.92 Å². The van der Waals surface area contributed by atoms with Gasteiger partial charge in [0.2, 0.25) is 0 Å². The maximum atomic E-state index is 6.22. The Hall–Kier alpha value is -0.130. The standard InChI is InChI=1S/C11H14INO/c12-10-4-2-1-3-9(10)11(13)8-5-6-14-7-8/h1-4,8,11H,5-7,13H2. The Labute approximate surface area is 98.0 Å². The summed E-state index contributed by atoms with van der Waals surface area (Å²) in [5.41, 5.74) is 7.47. The van der Waals surface area contributed by atoms with Crippen LogP contribution in [-0.4, -0.2) is 13.2 Å². The Bertz CT molecular complexity index is 310. The van der Waals surface area contributed by atoms with Crippen LogP contribution in [0.25, 0.3) is 0 Å². The number of nitrogens with two attached hydrogens (primary N) is 1. The molecule has 1 fully saturated rings. The molecule has 0 aliphatic carbocycles. The third kappa shape index (κ3) is 2.10. The average molecular weight is 303 g/mol. The van der Waals surface area contributed by atoms with Crippen LogP contribution in [0.3, 0.4) is 0 Å². The van der Waals surface area contributed by atoms with Crippen molar-refractivity contribution < 1.29 is 4.74 Å². The molecule has 2 nitrogen and oxygen atoms in total. The molecule has 0 saturated carbocycles. The number of ether oxygens (including phenoxy) is 1. The fourth-order valence-electron chi connectivity index (χ4n) is 1.84. The first-order chi connectivity index (χ1) is 6.79. The van der Waals surface area contributed by atoms with E-state index in [9.17, 15) is 0 Å². The van der Waals surface area contributed by atoms with Crippen molar-refractivity contribution in [3.05, 3.63) is 33.4 Å². The van der Waals surface area contributed by atoms with Crippen LogP contribution in [0.1, 0.15) is 18.0 Å². The lowest BCUT2D eigenvalue weighted by Crippen LogP contribution is -2.22. The van der Waals surface area contributed by atoms with Gasteiger partial charge in [0.1, 0.15) is 0 Å². The Kier molecular flexibility index (Phi) is 3.41. The van der Waals surface area contributed by atoms with Gasteiger partial charge in [-0.1, -0.05) is 18.2 Å². The fourth-order valence-corrected chi connectivity index (χ4v) is 2.58. The van der Waals surface area contributed by atoms with Gasteiger partial charge < -0.3 is 10.5 Å². The summed E-state index contributed by atoms with van der Waals surface area (Å²) in [6.07, 6.45) is 1.09. The van der Waals surface area contributed by atoms with Crippen LogP contribution in [0.2, 0.25) is 0 Å². The van der Waals surface area contributed by atoms with Crippen LogP contribution in [0, 0.1) is 9.49 Å². The van der Waals surface area contributed by atoms with Gasteiger partial charge in [-0.25, -0.2) is 0 Å². The molecule has 76 valence electrons. The van der Waals surface area contributed by atoms with Gasteiger partial charge in [0.15, 0.2) is 0 Å². The maximum absolute atomic E-state index is 6.22. The van der Waals surface area contributed by atoms with E-state index in [-0.39, 0.29) is 6.04 Å². The minimum absolute atomic E-state index is 0.130. The third-order valence-electron chi connectivity index (χ3n) is 2.74. The van der Waals surface area contributed by atoms with Crippen molar-refractivity contribution in [2.75, 3.05) is 13.2 Å². The third-order valence-corrected chi connectivity index (χ3v) is 3.72. The molecule has 0 amide bonds. The van der Waals surface area contributed by atoms with Crippen molar-refractivity contribution in [3.63, 3.8) is 0 Å². The predicted molar refractivity (Wildman–Crippen MR) is 65.0 cm³/mol. The summed E-state index contributed by atoms with van der Waals surface area (Å²) in [4.78, 5) is 0. The van der Waals surface area contributed by atoms with Crippen LogP contribution in [0.15, 0.2) is 24.3 Å². The zero-order chi connectivity index (χ0) is 9.97. The van der Waals surface area contributed by atoms with Crippen molar-refractivity contribution in [1.29, 1.82) is 0 Å². The first-order valence-corrected chi connectivity index (χ1v) is 5.94. The molecule has 2 atom stereocenters. The van der Waals surface area contributed by atoms with E-state index in [2.05, 4.69) is 34.7 Å². The van der Waals surface area contributed by atoms with Crippen LogP contribution in [-0.2, 0) is 4.74 Å². The molecule has 0 spiro atoms. The maximum Gasteiger partial charge on any atom is 0.0513 e. The van der Waals surface area contributed by atoms with Gasteiger partial charge >= 0.3 is 0 Å². The lowest BCUT2D eigenvalue weighted by Gasteiger charge is -2.19. The molecule has 0 aromatic heterocycles. The van der Waals surface area contributed by atoms with E-state index >= 15 is 0 Å².